The summed E-state index contributed by atoms with van der Waals surface area (Å²) in [7, 11) is 3.28. The first kappa shape index (κ1) is 13.2. The fraction of sp³-hybridized carbons (Fsp3) is 0.727. The van der Waals surface area contributed by atoms with E-state index in [0.717, 1.165) is 13.1 Å². The van der Waals surface area contributed by atoms with Gasteiger partial charge >= 0.3 is 0 Å². The summed E-state index contributed by atoms with van der Waals surface area (Å²) in [5, 5.41) is 3.35. The molecule has 0 fully saturated rings. The fourth-order valence-corrected chi connectivity index (χ4v) is 1.65. The van der Waals surface area contributed by atoms with Gasteiger partial charge < -0.3 is 19.4 Å². The second kappa shape index (κ2) is 6.62. The van der Waals surface area contributed by atoms with E-state index in [0.29, 0.717) is 0 Å². The number of ether oxygens (including phenoxy) is 2. The number of hydrogen-bond donors (Lipinski definition) is 1. The van der Waals surface area contributed by atoms with Crippen molar-refractivity contribution in [3.05, 3.63) is 18.2 Å². The monoisotopic (exact) mass is 227 g/mol. The molecular formula is C11H21N3O2. The maximum Gasteiger partial charge on any atom is 0.171 e. The van der Waals surface area contributed by atoms with E-state index in [4.69, 9.17) is 9.47 Å². The smallest absolute Gasteiger partial charge is 0.171 e. The van der Waals surface area contributed by atoms with Crippen molar-refractivity contribution in [1.82, 2.24) is 14.9 Å². The Hall–Kier alpha value is -0.910. The first-order valence-electron chi connectivity index (χ1n) is 5.50. The van der Waals surface area contributed by atoms with Gasteiger partial charge in [0.15, 0.2) is 6.29 Å². The van der Waals surface area contributed by atoms with E-state index in [1.165, 1.54) is 5.69 Å². The molecule has 0 aliphatic heterocycles. The number of aromatic nitrogens is 2. The van der Waals surface area contributed by atoms with Crippen molar-refractivity contribution in [3.8, 4) is 0 Å². The summed E-state index contributed by atoms with van der Waals surface area (Å²) >= 11 is 0. The summed E-state index contributed by atoms with van der Waals surface area (Å²) in [6.07, 6.45) is 3.49. The Morgan fingerprint density at radius 1 is 1.44 bits per heavy atom. The predicted molar refractivity (Wildman–Crippen MR) is 62.0 cm³/mol. The molecule has 0 saturated heterocycles. The van der Waals surface area contributed by atoms with E-state index in [2.05, 4.69) is 21.8 Å². The first-order valence-corrected chi connectivity index (χ1v) is 5.50. The summed E-state index contributed by atoms with van der Waals surface area (Å²) in [6.45, 7) is 5.83. The SMILES string of the molecule is CCn1cncc1CNC(C)C(OC)OC. The molecule has 16 heavy (non-hydrogen) atoms. The highest BCUT2D eigenvalue weighted by molar-refractivity contribution is 4.98. The van der Waals surface area contributed by atoms with Crippen LogP contribution in [0.4, 0.5) is 0 Å². The zero-order chi connectivity index (χ0) is 12.0. The van der Waals surface area contributed by atoms with Crippen LogP contribution in [-0.4, -0.2) is 36.1 Å². The Morgan fingerprint density at radius 2 is 2.12 bits per heavy atom. The third-order valence-corrected chi connectivity index (χ3v) is 2.62. The Labute approximate surface area is 96.8 Å². The van der Waals surface area contributed by atoms with Crippen molar-refractivity contribution >= 4 is 0 Å². The van der Waals surface area contributed by atoms with Crippen LogP contribution in [0.1, 0.15) is 19.5 Å². The molecule has 1 atom stereocenters. The number of nitrogens with zero attached hydrogens (tertiary/aromatic N) is 2. The van der Waals surface area contributed by atoms with Gasteiger partial charge in [-0.2, -0.15) is 0 Å². The van der Waals surface area contributed by atoms with Gasteiger partial charge in [-0.1, -0.05) is 0 Å². The van der Waals surface area contributed by atoms with E-state index in [-0.39, 0.29) is 12.3 Å². The second-order valence-corrected chi connectivity index (χ2v) is 3.68. The van der Waals surface area contributed by atoms with Crippen LogP contribution in [0, 0.1) is 0 Å². The molecule has 0 aromatic carbocycles. The lowest BCUT2D eigenvalue weighted by Crippen LogP contribution is -2.39. The van der Waals surface area contributed by atoms with Gasteiger partial charge in [-0.05, 0) is 13.8 Å². The van der Waals surface area contributed by atoms with Gasteiger partial charge in [0, 0.05) is 33.5 Å². The van der Waals surface area contributed by atoms with Gasteiger partial charge in [0.1, 0.15) is 0 Å². The van der Waals surface area contributed by atoms with Crippen molar-refractivity contribution in [2.75, 3.05) is 14.2 Å². The van der Waals surface area contributed by atoms with Crippen LogP contribution >= 0.6 is 0 Å². The quantitative estimate of drug-likeness (QED) is 0.706. The van der Waals surface area contributed by atoms with Crippen molar-refractivity contribution < 1.29 is 9.47 Å². The molecule has 1 N–H and O–H groups in total. The second-order valence-electron chi connectivity index (χ2n) is 3.68. The number of hydrogen-bond acceptors (Lipinski definition) is 4. The largest absolute Gasteiger partial charge is 0.354 e. The molecule has 1 aromatic rings. The third kappa shape index (κ3) is 3.30. The van der Waals surface area contributed by atoms with Gasteiger partial charge in [-0.15, -0.1) is 0 Å². The number of imidazole rings is 1. The van der Waals surface area contributed by atoms with Crippen molar-refractivity contribution in [1.29, 1.82) is 0 Å². The van der Waals surface area contributed by atoms with Gasteiger partial charge in [-0.25, -0.2) is 4.98 Å². The molecule has 0 amide bonds. The molecule has 0 saturated carbocycles. The van der Waals surface area contributed by atoms with Crippen LogP contribution in [0.3, 0.4) is 0 Å². The molecule has 0 bridgehead atoms. The zero-order valence-electron chi connectivity index (χ0n) is 10.4. The topological polar surface area (TPSA) is 48.3 Å². The average Bonchev–Trinajstić information content (AvgIpc) is 2.75. The molecular weight excluding hydrogens is 206 g/mol. The summed E-state index contributed by atoms with van der Waals surface area (Å²) in [5.41, 5.74) is 1.17. The molecule has 0 spiro atoms. The molecule has 0 radical (unpaired) electrons. The molecule has 1 aromatic heterocycles. The molecule has 1 rings (SSSR count). The van der Waals surface area contributed by atoms with Crippen LogP contribution in [0.5, 0.6) is 0 Å². The van der Waals surface area contributed by atoms with E-state index in [9.17, 15) is 0 Å². The van der Waals surface area contributed by atoms with Crippen molar-refractivity contribution in [3.63, 3.8) is 0 Å². The fourth-order valence-electron chi connectivity index (χ4n) is 1.65. The Morgan fingerprint density at radius 3 is 2.69 bits per heavy atom. The zero-order valence-corrected chi connectivity index (χ0v) is 10.4. The minimum atomic E-state index is -0.224. The minimum absolute atomic E-state index is 0.134. The minimum Gasteiger partial charge on any atom is -0.354 e. The Bertz CT molecular complexity index is 297. The van der Waals surface area contributed by atoms with Gasteiger partial charge in [0.2, 0.25) is 0 Å². The number of aryl methyl sites for hydroxylation is 1. The highest BCUT2D eigenvalue weighted by Crippen LogP contribution is 2.02. The lowest BCUT2D eigenvalue weighted by molar-refractivity contribution is -0.119. The molecule has 5 nitrogen and oxygen atoms in total. The van der Waals surface area contributed by atoms with E-state index >= 15 is 0 Å². The van der Waals surface area contributed by atoms with Gasteiger partial charge in [0.25, 0.3) is 0 Å². The highest BCUT2D eigenvalue weighted by atomic mass is 16.7. The van der Waals surface area contributed by atoms with Gasteiger partial charge in [-0.3, -0.25) is 0 Å². The lowest BCUT2D eigenvalue weighted by atomic mass is 10.3. The van der Waals surface area contributed by atoms with E-state index < -0.39 is 0 Å². The summed E-state index contributed by atoms with van der Waals surface area (Å²) in [5.74, 6) is 0. The summed E-state index contributed by atoms with van der Waals surface area (Å²) < 4.78 is 12.5. The van der Waals surface area contributed by atoms with E-state index in [1.807, 2.05) is 19.4 Å². The summed E-state index contributed by atoms with van der Waals surface area (Å²) in [4.78, 5) is 4.12. The number of methoxy groups -OCH3 is 2. The molecule has 1 unspecified atom stereocenters. The average molecular weight is 227 g/mol. The normalized spacial score (nSPS) is 13.3. The third-order valence-electron chi connectivity index (χ3n) is 2.62. The van der Waals surface area contributed by atoms with Crippen LogP contribution in [-0.2, 0) is 22.6 Å². The molecule has 1 heterocycles. The van der Waals surface area contributed by atoms with Crippen LogP contribution in [0.25, 0.3) is 0 Å². The first-order chi connectivity index (χ1) is 7.72. The maximum atomic E-state index is 5.18. The number of rotatable bonds is 7. The van der Waals surface area contributed by atoms with Crippen LogP contribution in [0.15, 0.2) is 12.5 Å². The van der Waals surface area contributed by atoms with Gasteiger partial charge in [0.05, 0.1) is 18.1 Å². The Balaban J connectivity index is 2.45. The van der Waals surface area contributed by atoms with Crippen LogP contribution in [0.2, 0.25) is 0 Å². The van der Waals surface area contributed by atoms with Crippen molar-refractivity contribution in [2.45, 2.75) is 39.3 Å². The molecule has 0 aliphatic rings. The lowest BCUT2D eigenvalue weighted by Gasteiger charge is -2.22. The van der Waals surface area contributed by atoms with Crippen molar-refractivity contribution in [2.24, 2.45) is 0 Å². The standard InChI is InChI=1S/C11H21N3O2/c1-5-14-8-12-6-10(14)7-13-9(2)11(15-3)16-4/h6,8-9,11,13H,5,7H2,1-4H3. The van der Waals surface area contributed by atoms with Crippen LogP contribution < -0.4 is 5.32 Å². The molecule has 5 heteroatoms. The Kier molecular flexibility index (Phi) is 5.45. The molecule has 92 valence electrons. The highest BCUT2D eigenvalue weighted by Gasteiger charge is 2.15. The number of nitrogens with one attached hydrogen (secondary N) is 1. The predicted octanol–water partition coefficient (Wildman–Crippen LogP) is 1.000. The van der Waals surface area contributed by atoms with E-state index in [1.54, 1.807) is 14.2 Å². The summed E-state index contributed by atoms with van der Waals surface area (Å²) in [6, 6.07) is 0.134. The maximum absolute atomic E-state index is 5.18. The molecule has 0 aliphatic carbocycles.